The summed E-state index contributed by atoms with van der Waals surface area (Å²) in [5.74, 6) is 1.38. The molecule has 0 spiro atoms. The van der Waals surface area contributed by atoms with Gasteiger partial charge in [0.05, 0.1) is 6.61 Å². The van der Waals surface area contributed by atoms with Gasteiger partial charge in [0, 0.05) is 12.1 Å². The zero-order chi connectivity index (χ0) is 16.1. The van der Waals surface area contributed by atoms with Crippen LogP contribution in [0.25, 0.3) is 0 Å². The number of hydrogen-bond donors (Lipinski definition) is 0. The highest BCUT2D eigenvalue weighted by Gasteiger charge is 2.20. The first-order valence-electron chi connectivity index (χ1n) is 8.08. The van der Waals surface area contributed by atoms with Gasteiger partial charge in [0.1, 0.15) is 11.6 Å². The fraction of sp³-hybridized carbons (Fsp3) is 0.368. The SMILES string of the molecule is CN1CCC[C@@H]1CCOc1cc(F)ccc1Oc1ccccc1. The molecule has 122 valence electrons. The average Bonchev–Trinajstić information content (AvgIpc) is 2.96. The number of rotatable bonds is 6. The van der Waals surface area contributed by atoms with Crippen molar-refractivity contribution in [3.63, 3.8) is 0 Å². The monoisotopic (exact) mass is 315 g/mol. The van der Waals surface area contributed by atoms with Crippen molar-refractivity contribution in [3.05, 3.63) is 54.3 Å². The van der Waals surface area contributed by atoms with Crippen molar-refractivity contribution in [3.8, 4) is 17.2 Å². The van der Waals surface area contributed by atoms with Crippen LogP contribution >= 0.6 is 0 Å². The van der Waals surface area contributed by atoms with Crippen LogP contribution < -0.4 is 9.47 Å². The minimum atomic E-state index is -0.321. The molecule has 1 saturated heterocycles. The average molecular weight is 315 g/mol. The molecule has 23 heavy (non-hydrogen) atoms. The summed E-state index contributed by atoms with van der Waals surface area (Å²) in [5, 5.41) is 0. The van der Waals surface area contributed by atoms with Crippen LogP contribution in [0, 0.1) is 5.82 Å². The normalized spacial score (nSPS) is 18.1. The lowest BCUT2D eigenvalue weighted by molar-refractivity contribution is 0.228. The molecule has 0 saturated carbocycles. The van der Waals surface area contributed by atoms with Crippen LogP contribution in [0.2, 0.25) is 0 Å². The Morgan fingerprint density at radius 1 is 1.13 bits per heavy atom. The van der Waals surface area contributed by atoms with Gasteiger partial charge < -0.3 is 14.4 Å². The molecule has 0 bridgehead atoms. The Labute approximate surface area is 136 Å². The zero-order valence-electron chi connectivity index (χ0n) is 13.4. The molecular weight excluding hydrogens is 293 g/mol. The highest BCUT2D eigenvalue weighted by molar-refractivity contribution is 5.43. The quantitative estimate of drug-likeness (QED) is 0.784. The molecule has 0 N–H and O–H groups in total. The molecule has 4 heteroatoms. The number of nitrogens with zero attached hydrogens (tertiary/aromatic N) is 1. The third-order valence-electron chi connectivity index (χ3n) is 4.26. The molecule has 0 radical (unpaired) electrons. The largest absolute Gasteiger partial charge is 0.490 e. The summed E-state index contributed by atoms with van der Waals surface area (Å²) >= 11 is 0. The Kier molecular flexibility index (Phi) is 5.13. The van der Waals surface area contributed by atoms with Gasteiger partial charge in [0.25, 0.3) is 0 Å². The first-order chi connectivity index (χ1) is 11.2. The van der Waals surface area contributed by atoms with Gasteiger partial charge in [-0.2, -0.15) is 0 Å². The Balaban J connectivity index is 1.64. The van der Waals surface area contributed by atoms with Gasteiger partial charge in [-0.25, -0.2) is 4.39 Å². The molecule has 0 unspecified atom stereocenters. The van der Waals surface area contributed by atoms with Gasteiger partial charge in [-0.15, -0.1) is 0 Å². The van der Waals surface area contributed by atoms with Crippen LogP contribution in [0.5, 0.6) is 17.2 Å². The lowest BCUT2D eigenvalue weighted by Crippen LogP contribution is -2.26. The van der Waals surface area contributed by atoms with Crippen molar-refractivity contribution in [1.29, 1.82) is 0 Å². The van der Waals surface area contributed by atoms with Crippen LogP contribution in [0.1, 0.15) is 19.3 Å². The summed E-state index contributed by atoms with van der Waals surface area (Å²) in [6.45, 7) is 1.70. The smallest absolute Gasteiger partial charge is 0.169 e. The first kappa shape index (κ1) is 15.8. The van der Waals surface area contributed by atoms with Crippen molar-refractivity contribution in [2.45, 2.75) is 25.3 Å². The van der Waals surface area contributed by atoms with Crippen molar-refractivity contribution in [1.82, 2.24) is 4.90 Å². The lowest BCUT2D eigenvalue weighted by atomic mass is 10.1. The van der Waals surface area contributed by atoms with Crippen molar-refractivity contribution >= 4 is 0 Å². The second-order valence-electron chi connectivity index (χ2n) is 5.92. The number of ether oxygens (including phenoxy) is 2. The van der Waals surface area contributed by atoms with Gasteiger partial charge in [-0.1, -0.05) is 18.2 Å². The number of benzene rings is 2. The van der Waals surface area contributed by atoms with Crippen molar-refractivity contribution in [2.75, 3.05) is 20.2 Å². The van der Waals surface area contributed by atoms with Crippen molar-refractivity contribution < 1.29 is 13.9 Å². The number of hydrogen-bond acceptors (Lipinski definition) is 3. The lowest BCUT2D eigenvalue weighted by Gasteiger charge is -2.20. The first-order valence-corrected chi connectivity index (χ1v) is 8.08. The van der Waals surface area contributed by atoms with Gasteiger partial charge >= 0.3 is 0 Å². The number of likely N-dealkylation sites (tertiary alicyclic amines) is 1. The molecule has 2 aromatic rings. The zero-order valence-corrected chi connectivity index (χ0v) is 13.4. The van der Waals surface area contributed by atoms with Crippen LogP contribution in [0.15, 0.2) is 48.5 Å². The molecule has 0 amide bonds. The Bertz CT molecular complexity index is 633. The summed E-state index contributed by atoms with van der Waals surface area (Å²) in [6, 6.07) is 14.4. The van der Waals surface area contributed by atoms with E-state index >= 15 is 0 Å². The van der Waals surface area contributed by atoms with E-state index < -0.39 is 0 Å². The van der Waals surface area contributed by atoms with E-state index in [1.807, 2.05) is 30.3 Å². The van der Waals surface area contributed by atoms with E-state index in [2.05, 4.69) is 11.9 Å². The van der Waals surface area contributed by atoms with Crippen LogP contribution in [0.3, 0.4) is 0 Å². The van der Waals surface area contributed by atoms with Gasteiger partial charge in [-0.3, -0.25) is 0 Å². The summed E-state index contributed by atoms with van der Waals surface area (Å²) in [5.41, 5.74) is 0. The fourth-order valence-electron chi connectivity index (χ4n) is 2.94. The maximum atomic E-state index is 13.5. The summed E-state index contributed by atoms with van der Waals surface area (Å²) in [7, 11) is 2.14. The van der Waals surface area contributed by atoms with Gasteiger partial charge in [-0.05, 0) is 57.1 Å². The Hall–Kier alpha value is -2.07. The molecule has 2 aromatic carbocycles. The summed E-state index contributed by atoms with van der Waals surface area (Å²) < 4.78 is 25.1. The predicted octanol–water partition coefficient (Wildman–Crippen LogP) is 4.48. The predicted molar refractivity (Wildman–Crippen MR) is 88.7 cm³/mol. The second kappa shape index (κ2) is 7.47. The molecule has 3 nitrogen and oxygen atoms in total. The van der Waals surface area contributed by atoms with Crippen LogP contribution in [0.4, 0.5) is 4.39 Å². The van der Waals surface area contributed by atoms with Gasteiger partial charge in [0.15, 0.2) is 11.5 Å². The molecule has 0 aliphatic carbocycles. The van der Waals surface area contributed by atoms with E-state index in [4.69, 9.17) is 9.47 Å². The molecule has 1 heterocycles. The molecular formula is C19H22FNO2. The molecule has 1 aliphatic rings. The van der Waals surface area contributed by atoms with E-state index in [1.165, 1.54) is 25.0 Å². The maximum Gasteiger partial charge on any atom is 0.169 e. The van der Waals surface area contributed by atoms with E-state index in [0.717, 1.165) is 13.0 Å². The third-order valence-corrected chi connectivity index (χ3v) is 4.26. The van der Waals surface area contributed by atoms with Gasteiger partial charge in [0.2, 0.25) is 0 Å². The molecule has 0 aromatic heterocycles. The molecule has 1 atom stereocenters. The molecule has 3 rings (SSSR count). The standard InChI is InChI=1S/C19H22FNO2/c1-21-12-5-6-16(21)11-13-22-19-14-15(20)9-10-18(19)23-17-7-3-2-4-8-17/h2-4,7-10,14,16H,5-6,11-13H2,1H3/t16-/m1/s1. The minimum absolute atomic E-state index is 0.321. The highest BCUT2D eigenvalue weighted by atomic mass is 19.1. The maximum absolute atomic E-state index is 13.5. The van der Waals surface area contributed by atoms with Crippen molar-refractivity contribution in [2.24, 2.45) is 0 Å². The van der Waals surface area contributed by atoms with Crippen LogP contribution in [-0.4, -0.2) is 31.1 Å². The van der Waals surface area contributed by atoms with E-state index in [-0.39, 0.29) is 5.82 Å². The minimum Gasteiger partial charge on any atom is -0.490 e. The number of para-hydroxylation sites is 1. The van der Waals surface area contributed by atoms with E-state index in [9.17, 15) is 4.39 Å². The summed E-state index contributed by atoms with van der Waals surface area (Å²) in [4.78, 5) is 2.36. The molecule has 1 fully saturated rings. The van der Waals surface area contributed by atoms with E-state index in [0.29, 0.717) is 29.9 Å². The fourth-order valence-corrected chi connectivity index (χ4v) is 2.94. The highest BCUT2D eigenvalue weighted by Crippen LogP contribution is 2.32. The topological polar surface area (TPSA) is 21.7 Å². The Morgan fingerprint density at radius 2 is 1.96 bits per heavy atom. The van der Waals surface area contributed by atoms with Crippen LogP contribution in [-0.2, 0) is 0 Å². The summed E-state index contributed by atoms with van der Waals surface area (Å²) in [6.07, 6.45) is 3.39. The van der Waals surface area contributed by atoms with E-state index in [1.54, 1.807) is 6.07 Å². The molecule has 1 aliphatic heterocycles. The number of halogens is 1. The third kappa shape index (κ3) is 4.23. The Morgan fingerprint density at radius 3 is 2.70 bits per heavy atom. The second-order valence-corrected chi connectivity index (χ2v) is 5.92.